The monoisotopic (exact) mass is 372 g/mol. The van der Waals surface area contributed by atoms with Crippen LogP contribution in [0.1, 0.15) is 27.8 Å². The standard InChI is InChI=1S/C21H24O6/c1-12-4-2-3-5-14(12)8-13-6-7-15-11-26-21(16(15)9-13)20(25)19(24)18(23)17(10-22)27-21/h2-7,9,17-20,22-25H,8,10-11H2,1H3/t17-,18-,19+,20-,21+/m1/s1. The van der Waals surface area contributed by atoms with Crippen LogP contribution in [0.3, 0.4) is 0 Å². The molecule has 0 saturated carbocycles. The number of fused-ring (bicyclic) bond motifs is 2. The van der Waals surface area contributed by atoms with Gasteiger partial charge in [0.1, 0.15) is 24.4 Å². The average Bonchev–Trinajstić information content (AvgIpc) is 3.04. The molecule has 0 aliphatic carbocycles. The van der Waals surface area contributed by atoms with Gasteiger partial charge in [0.05, 0.1) is 13.2 Å². The van der Waals surface area contributed by atoms with Gasteiger partial charge in [-0.2, -0.15) is 0 Å². The summed E-state index contributed by atoms with van der Waals surface area (Å²) in [5, 5.41) is 40.4. The number of hydrogen-bond acceptors (Lipinski definition) is 6. The van der Waals surface area contributed by atoms with Crippen LogP contribution in [0.15, 0.2) is 42.5 Å². The molecule has 144 valence electrons. The molecule has 6 heteroatoms. The van der Waals surface area contributed by atoms with E-state index in [1.807, 2.05) is 30.3 Å². The molecule has 2 aromatic carbocycles. The normalized spacial score (nSPS) is 32.6. The molecule has 0 bridgehead atoms. The summed E-state index contributed by atoms with van der Waals surface area (Å²) in [6.07, 6.45) is -4.68. The van der Waals surface area contributed by atoms with Gasteiger partial charge in [-0.15, -0.1) is 0 Å². The molecule has 2 heterocycles. The molecule has 0 unspecified atom stereocenters. The molecule has 5 atom stereocenters. The number of rotatable bonds is 3. The topological polar surface area (TPSA) is 99.4 Å². The Balaban J connectivity index is 1.71. The summed E-state index contributed by atoms with van der Waals surface area (Å²) in [5.74, 6) is -1.59. The molecule has 0 aromatic heterocycles. The summed E-state index contributed by atoms with van der Waals surface area (Å²) in [5.41, 5.74) is 4.88. The molecule has 2 aromatic rings. The van der Waals surface area contributed by atoms with E-state index < -0.39 is 36.8 Å². The Labute approximate surface area is 157 Å². The average molecular weight is 372 g/mol. The number of aryl methyl sites for hydroxylation is 1. The van der Waals surface area contributed by atoms with Crippen LogP contribution in [0.5, 0.6) is 0 Å². The molecule has 27 heavy (non-hydrogen) atoms. The summed E-state index contributed by atoms with van der Waals surface area (Å²) in [6, 6.07) is 14.0. The SMILES string of the molecule is Cc1ccccc1Cc1ccc2c(c1)[C@]1(OC2)O[C@H](CO)[C@@H](O)[C@H](O)[C@H]1O. The molecular formula is C21H24O6. The summed E-state index contributed by atoms with van der Waals surface area (Å²) in [4.78, 5) is 0. The van der Waals surface area contributed by atoms with Crippen LogP contribution in [0.4, 0.5) is 0 Å². The minimum absolute atomic E-state index is 0.220. The third-order valence-electron chi connectivity index (χ3n) is 5.60. The second-order valence-electron chi connectivity index (χ2n) is 7.32. The van der Waals surface area contributed by atoms with Crippen molar-refractivity contribution >= 4 is 0 Å². The predicted molar refractivity (Wildman–Crippen MR) is 96.9 cm³/mol. The first-order chi connectivity index (χ1) is 13.0. The van der Waals surface area contributed by atoms with Crippen molar-refractivity contribution in [2.75, 3.05) is 6.61 Å². The summed E-state index contributed by atoms with van der Waals surface area (Å²) >= 11 is 0. The fourth-order valence-corrected chi connectivity index (χ4v) is 3.96. The van der Waals surface area contributed by atoms with Gasteiger partial charge in [0.2, 0.25) is 5.79 Å². The Kier molecular flexibility index (Phi) is 4.80. The molecule has 6 nitrogen and oxygen atoms in total. The molecular weight excluding hydrogens is 348 g/mol. The van der Waals surface area contributed by atoms with Crippen molar-refractivity contribution in [3.8, 4) is 0 Å². The van der Waals surface area contributed by atoms with Crippen LogP contribution in [-0.2, 0) is 28.3 Å². The van der Waals surface area contributed by atoms with Gasteiger partial charge >= 0.3 is 0 Å². The largest absolute Gasteiger partial charge is 0.394 e. The maximum absolute atomic E-state index is 10.6. The van der Waals surface area contributed by atoms with Gasteiger partial charge in [-0.1, -0.05) is 36.4 Å². The second-order valence-corrected chi connectivity index (χ2v) is 7.32. The lowest BCUT2D eigenvalue weighted by Gasteiger charge is -2.46. The van der Waals surface area contributed by atoms with E-state index in [1.54, 1.807) is 0 Å². The summed E-state index contributed by atoms with van der Waals surface area (Å²) < 4.78 is 11.6. The maximum Gasteiger partial charge on any atom is 0.225 e. The fourth-order valence-electron chi connectivity index (χ4n) is 3.96. The van der Waals surface area contributed by atoms with Crippen molar-refractivity contribution in [3.63, 3.8) is 0 Å². The third-order valence-corrected chi connectivity index (χ3v) is 5.60. The highest BCUT2D eigenvalue weighted by atomic mass is 16.7. The minimum atomic E-state index is -1.59. The molecule has 1 saturated heterocycles. The van der Waals surface area contributed by atoms with Crippen LogP contribution in [-0.4, -0.2) is 51.4 Å². The Hall–Kier alpha value is -1.80. The van der Waals surface area contributed by atoms with Crippen molar-refractivity contribution in [2.45, 2.75) is 50.2 Å². The van der Waals surface area contributed by atoms with Crippen molar-refractivity contribution in [1.29, 1.82) is 0 Å². The molecule has 4 rings (SSSR count). The van der Waals surface area contributed by atoms with Crippen molar-refractivity contribution < 1.29 is 29.9 Å². The van der Waals surface area contributed by atoms with E-state index in [1.165, 1.54) is 11.1 Å². The molecule has 1 spiro atoms. The summed E-state index contributed by atoms with van der Waals surface area (Å²) in [7, 11) is 0. The predicted octanol–water partition coefficient (Wildman–Crippen LogP) is 0.743. The lowest BCUT2D eigenvalue weighted by atomic mass is 9.86. The van der Waals surface area contributed by atoms with Gasteiger partial charge in [0, 0.05) is 5.56 Å². The van der Waals surface area contributed by atoms with Gasteiger partial charge in [-0.3, -0.25) is 0 Å². The minimum Gasteiger partial charge on any atom is -0.394 e. The Morgan fingerprint density at radius 2 is 1.85 bits per heavy atom. The van der Waals surface area contributed by atoms with Crippen LogP contribution < -0.4 is 0 Å². The van der Waals surface area contributed by atoms with E-state index in [-0.39, 0.29) is 6.61 Å². The van der Waals surface area contributed by atoms with E-state index in [2.05, 4.69) is 19.1 Å². The van der Waals surface area contributed by atoms with Gasteiger partial charge in [0.15, 0.2) is 0 Å². The first kappa shape index (κ1) is 18.6. The van der Waals surface area contributed by atoms with Crippen LogP contribution >= 0.6 is 0 Å². The van der Waals surface area contributed by atoms with E-state index in [0.717, 1.165) is 11.1 Å². The Morgan fingerprint density at radius 3 is 2.59 bits per heavy atom. The maximum atomic E-state index is 10.6. The highest BCUT2D eigenvalue weighted by Crippen LogP contribution is 2.46. The number of hydrogen-bond donors (Lipinski definition) is 4. The number of aliphatic hydroxyl groups excluding tert-OH is 4. The number of ether oxygens (including phenoxy) is 2. The molecule has 1 fully saturated rings. The second kappa shape index (κ2) is 6.98. The first-order valence-electron chi connectivity index (χ1n) is 9.10. The molecule has 2 aliphatic rings. The number of benzene rings is 2. The molecule has 4 N–H and O–H groups in total. The molecule has 0 radical (unpaired) electrons. The number of aliphatic hydroxyl groups is 4. The zero-order chi connectivity index (χ0) is 19.2. The molecule has 0 amide bonds. The highest BCUT2D eigenvalue weighted by Gasteiger charge is 2.58. The summed E-state index contributed by atoms with van der Waals surface area (Å²) in [6.45, 7) is 1.79. The van der Waals surface area contributed by atoms with Crippen molar-refractivity contribution in [1.82, 2.24) is 0 Å². The lowest BCUT2D eigenvalue weighted by molar-refractivity contribution is -0.368. The zero-order valence-corrected chi connectivity index (χ0v) is 15.1. The van der Waals surface area contributed by atoms with E-state index in [9.17, 15) is 20.4 Å². The fraction of sp³-hybridized carbons (Fsp3) is 0.429. The van der Waals surface area contributed by atoms with Gasteiger partial charge in [0.25, 0.3) is 0 Å². The smallest absolute Gasteiger partial charge is 0.225 e. The van der Waals surface area contributed by atoms with Gasteiger partial charge in [-0.25, -0.2) is 0 Å². The van der Waals surface area contributed by atoms with E-state index in [0.29, 0.717) is 12.0 Å². The Morgan fingerprint density at radius 1 is 1.07 bits per heavy atom. The molecule has 2 aliphatic heterocycles. The Bertz CT molecular complexity index is 835. The van der Waals surface area contributed by atoms with Gasteiger partial charge < -0.3 is 29.9 Å². The van der Waals surface area contributed by atoms with Crippen molar-refractivity contribution in [2.24, 2.45) is 0 Å². The van der Waals surface area contributed by atoms with Crippen molar-refractivity contribution in [3.05, 3.63) is 70.3 Å². The van der Waals surface area contributed by atoms with Crippen LogP contribution in [0.25, 0.3) is 0 Å². The first-order valence-corrected chi connectivity index (χ1v) is 9.10. The zero-order valence-electron chi connectivity index (χ0n) is 15.1. The van der Waals surface area contributed by atoms with Gasteiger partial charge in [-0.05, 0) is 41.7 Å². The lowest BCUT2D eigenvalue weighted by Crippen LogP contribution is -2.63. The van der Waals surface area contributed by atoms with Crippen LogP contribution in [0, 0.1) is 6.92 Å². The van der Waals surface area contributed by atoms with E-state index in [4.69, 9.17) is 9.47 Å². The van der Waals surface area contributed by atoms with E-state index >= 15 is 0 Å². The third kappa shape index (κ3) is 2.99. The highest BCUT2D eigenvalue weighted by molar-refractivity contribution is 5.41. The quantitative estimate of drug-likeness (QED) is 0.634. The van der Waals surface area contributed by atoms with Crippen LogP contribution in [0.2, 0.25) is 0 Å².